The lowest BCUT2D eigenvalue weighted by molar-refractivity contribution is -0.274. The average molecular weight is 383 g/mol. The summed E-state index contributed by atoms with van der Waals surface area (Å²) in [7, 11) is 0. The molecule has 0 atom stereocenters. The lowest BCUT2D eigenvalue weighted by Gasteiger charge is -2.12. The molecule has 0 saturated carbocycles. The molecular weight excluding hydrogens is 378 g/mol. The van der Waals surface area contributed by atoms with Crippen molar-refractivity contribution in [3.63, 3.8) is 0 Å². The molecule has 1 aromatic rings. The van der Waals surface area contributed by atoms with Crippen LogP contribution in [0, 0.1) is 0 Å². The molecule has 2 nitrogen and oxygen atoms in total. The number of carbonyl (C=O) groups excluding carboxylic acids is 1. The number of ether oxygens (including phenoxy) is 1. The minimum atomic E-state index is -5.06. The highest BCUT2D eigenvalue weighted by Gasteiger charge is 2.33. The van der Waals surface area contributed by atoms with E-state index in [0.29, 0.717) is 6.07 Å². The van der Waals surface area contributed by atoms with Crippen LogP contribution in [0.2, 0.25) is 0 Å². The van der Waals surface area contributed by atoms with Crippen molar-refractivity contribution in [2.75, 3.05) is 5.33 Å². The van der Waals surface area contributed by atoms with E-state index in [4.69, 9.17) is 0 Å². The zero-order chi connectivity index (χ0) is 15.6. The molecule has 0 bridgehead atoms. The summed E-state index contributed by atoms with van der Waals surface area (Å²) in [4.78, 5) is 10.8. The van der Waals surface area contributed by atoms with Crippen LogP contribution >= 0.6 is 27.7 Å². The van der Waals surface area contributed by atoms with Crippen molar-refractivity contribution < 1.29 is 35.9 Å². The molecule has 0 spiro atoms. The van der Waals surface area contributed by atoms with E-state index in [1.54, 1.807) is 0 Å². The summed E-state index contributed by atoms with van der Waals surface area (Å²) in [5.41, 5.74) is -5.00. The molecule has 0 amide bonds. The van der Waals surface area contributed by atoms with E-state index >= 15 is 0 Å². The summed E-state index contributed by atoms with van der Waals surface area (Å²) < 4.78 is 76.5. The summed E-state index contributed by atoms with van der Waals surface area (Å²) in [6.07, 6.45) is -5.06. The summed E-state index contributed by atoms with van der Waals surface area (Å²) in [6, 6.07) is 2.15. The Kier molecular flexibility index (Phi) is 5.36. The van der Waals surface area contributed by atoms with E-state index in [-0.39, 0.29) is 10.9 Å². The first-order chi connectivity index (χ1) is 9.00. The molecule has 0 N–H and O–H groups in total. The Balaban J connectivity index is 3.17. The Morgan fingerprint density at radius 1 is 1.15 bits per heavy atom. The molecule has 0 aliphatic heterocycles. The molecule has 0 radical (unpaired) electrons. The second-order valence-electron chi connectivity index (χ2n) is 3.35. The predicted molar refractivity (Wildman–Crippen MR) is 63.2 cm³/mol. The number of hydrogen-bond donors (Lipinski definition) is 0. The molecule has 0 aliphatic carbocycles. The van der Waals surface area contributed by atoms with Crippen LogP contribution in [-0.2, 0) is 0 Å². The third-order valence-corrected chi connectivity index (χ3v) is 3.00. The van der Waals surface area contributed by atoms with Crippen molar-refractivity contribution >= 4 is 33.5 Å². The number of hydrogen-bond acceptors (Lipinski definition) is 3. The van der Waals surface area contributed by atoms with Crippen LogP contribution in [0.4, 0.5) is 26.3 Å². The van der Waals surface area contributed by atoms with Gasteiger partial charge in [0.15, 0.2) is 5.78 Å². The fourth-order valence-corrected chi connectivity index (χ4v) is 2.15. The van der Waals surface area contributed by atoms with Gasteiger partial charge in [0, 0.05) is 10.5 Å². The first-order valence-corrected chi connectivity index (χ1v) is 6.70. The number of thioether (sulfide) groups is 1. The summed E-state index contributed by atoms with van der Waals surface area (Å²) in [5, 5.41) is -0.238. The van der Waals surface area contributed by atoms with Crippen LogP contribution < -0.4 is 4.74 Å². The van der Waals surface area contributed by atoms with E-state index in [2.05, 4.69) is 20.7 Å². The minimum absolute atomic E-state index is 0.238. The summed E-state index contributed by atoms with van der Waals surface area (Å²) in [6.45, 7) is 0. The normalized spacial score (nSPS) is 12.3. The van der Waals surface area contributed by atoms with Gasteiger partial charge in [-0.15, -0.1) is 13.2 Å². The number of rotatable bonds is 4. The maximum absolute atomic E-state index is 12.2. The van der Waals surface area contributed by atoms with Crippen LogP contribution in [-0.4, -0.2) is 23.0 Å². The fourth-order valence-electron chi connectivity index (χ4n) is 1.19. The van der Waals surface area contributed by atoms with Crippen molar-refractivity contribution in [2.24, 2.45) is 0 Å². The second kappa shape index (κ2) is 6.25. The smallest absolute Gasteiger partial charge is 0.406 e. The number of halogens is 7. The molecule has 0 heterocycles. The Morgan fingerprint density at radius 3 is 2.20 bits per heavy atom. The Morgan fingerprint density at radius 2 is 1.75 bits per heavy atom. The van der Waals surface area contributed by atoms with Gasteiger partial charge in [0.25, 0.3) is 0 Å². The van der Waals surface area contributed by atoms with Crippen LogP contribution in [0.1, 0.15) is 10.4 Å². The zero-order valence-electron chi connectivity index (χ0n) is 9.31. The van der Waals surface area contributed by atoms with Gasteiger partial charge < -0.3 is 4.74 Å². The van der Waals surface area contributed by atoms with E-state index in [1.165, 1.54) is 0 Å². The largest absolute Gasteiger partial charge is 0.573 e. The van der Waals surface area contributed by atoms with Crippen molar-refractivity contribution in [3.8, 4) is 5.75 Å². The SMILES string of the molecule is O=C(CBr)c1cc(OC(F)(F)F)cc(SC(F)(F)F)c1. The molecule has 0 aromatic heterocycles. The van der Waals surface area contributed by atoms with E-state index in [9.17, 15) is 31.1 Å². The van der Waals surface area contributed by atoms with Crippen LogP contribution in [0.3, 0.4) is 0 Å². The molecule has 0 saturated heterocycles. The lowest BCUT2D eigenvalue weighted by atomic mass is 10.1. The van der Waals surface area contributed by atoms with Crippen LogP contribution in [0.25, 0.3) is 0 Å². The van der Waals surface area contributed by atoms with Gasteiger partial charge in [-0.3, -0.25) is 4.79 Å². The number of benzene rings is 1. The first-order valence-electron chi connectivity index (χ1n) is 4.76. The first kappa shape index (κ1) is 17.2. The molecular formula is C10H5BrF6O2S. The van der Waals surface area contributed by atoms with Crippen molar-refractivity contribution in [2.45, 2.75) is 16.8 Å². The van der Waals surface area contributed by atoms with E-state index in [1.807, 2.05) is 0 Å². The highest BCUT2D eigenvalue weighted by Crippen LogP contribution is 2.39. The predicted octanol–water partition coefficient (Wildman–Crippen LogP) is 4.77. The van der Waals surface area contributed by atoms with Crippen LogP contribution in [0.5, 0.6) is 5.75 Å². The number of carbonyl (C=O) groups is 1. The highest BCUT2D eigenvalue weighted by molar-refractivity contribution is 9.09. The molecule has 0 fully saturated rings. The second-order valence-corrected chi connectivity index (χ2v) is 5.04. The zero-order valence-corrected chi connectivity index (χ0v) is 11.7. The minimum Gasteiger partial charge on any atom is -0.406 e. The number of ketones is 1. The van der Waals surface area contributed by atoms with Gasteiger partial charge in [-0.1, -0.05) is 15.9 Å². The van der Waals surface area contributed by atoms with Crippen molar-refractivity contribution in [1.29, 1.82) is 0 Å². The Bertz CT molecular complexity index is 465. The summed E-state index contributed by atoms with van der Waals surface area (Å²) >= 11 is 2.15. The maximum atomic E-state index is 12.2. The van der Waals surface area contributed by atoms with Crippen molar-refractivity contribution in [1.82, 2.24) is 0 Å². The Labute approximate surface area is 121 Å². The van der Waals surface area contributed by atoms with Crippen LogP contribution in [0.15, 0.2) is 23.1 Å². The number of Topliss-reactive ketones (excluding diaryl/α,β-unsaturated/α-hetero) is 1. The third-order valence-electron chi connectivity index (χ3n) is 1.79. The number of alkyl halides is 7. The molecule has 1 aromatic carbocycles. The summed E-state index contributed by atoms with van der Waals surface area (Å²) in [5.74, 6) is -1.54. The lowest BCUT2D eigenvalue weighted by Crippen LogP contribution is -2.17. The van der Waals surface area contributed by atoms with Gasteiger partial charge in [0.05, 0.1) is 5.33 Å². The average Bonchev–Trinajstić information content (AvgIpc) is 2.22. The van der Waals surface area contributed by atoms with Gasteiger partial charge >= 0.3 is 11.9 Å². The quantitative estimate of drug-likeness (QED) is 0.324. The topological polar surface area (TPSA) is 26.3 Å². The molecule has 20 heavy (non-hydrogen) atoms. The monoisotopic (exact) mass is 382 g/mol. The molecule has 0 unspecified atom stereocenters. The third kappa shape index (κ3) is 6.04. The fraction of sp³-hybridized carbons (Fsp3) is 0.300. The van der Waals surface area contributed by atoms with Gasteiger partial charge in [-0.05, 0) is 30.0 Å². The van der Waals surface area contributed by atoms with E-state index in [0.717, 1.165) is 12.1 Å². The molecule has 0 aliphatic rings. The standard InChI is InChI=1S/C10H5BrF6O2S/c11-4-8(18)5-1-6(19-9(12,13)14)3-7(2-5)20-10(15,16)17/h1-3H,4H2. The molecule has 112 valence electrons. The highest BCUT2D eigenvalue weighted by atomic mass is 79.9. The molecule has 1 rings (SSSR count). The van der Waals surface area contributed by atoms with Gasteiger partial charge in [0.2, 0.25) is 0 Å². The maximum Gasteiger partial charge on any atom is 0.573 e. The van der Waals surface area contributed by atoms with E-state index < -0.39 is 40.1 Å². The Hall–Kier alpha value is -0.900. The molecule has 10 heteroatoms. The van der Waals surface area contributed by atoms with Gasteiger partial charge in [-0.25, -0.2) is 0 Å². The van der Waals surface area contributed by atoms with Gasteiger partial charge in [0.1, 0.15) is 5.75 Å². The van der Waals surface area contributed by atoms with Crippen molar-refractivity contribution in [3.05, 3.63) is 23.8 Å². The van der Waals surface area contributed by atoms with Gasteiger partial charge in [-0.2, -0.15) is 13.2 Å².